The van der Waals surface area contributed by atoms with Gasteiger partial charge >= 0.3 is 6.18 Å². The van der Waals surface area contributed by atoms with Gasteiger partial charge in [-0.1, -0.05) is 24.3 Å². The van der Waals surface area contributed by atoms with Crippen molar-refractivity contribution in [3.05, 3.63) is 95.9 Å². The van der Waals surface area contributed by atoms with E-state index in [1.165, 1.54) is 12.1 Å². The summed E-state index contributed by atoms with van der Waals surface area (Å²) in [6, 6.07) is 18.9. The fraction of sp³-hybridized carbons (Fsp3) is 0.120. The molecule has 2 aromatic heterocycles. The van der Waals surface area contributed by atoms with E-state index in [2.05, 4.69) is 30.9 Å². The largest absolute Gasteiger partial charge is 0.416 e. The fourth-order valence-corrected chi connectivity index (χ4v) is 3.30. The molecule has 3 N–H and O–H groups in total. The minimum Gasteiger partial charge on any atom is -0.340 e. The Bertz CT molecular complexity index is 1310. The van der Waals surface area contributed by atoms with Crippen LogP contribution in [0.25, 0.3) is 0 Å². The van der Waals surface area contributed by atoms with Crippen LogP contribution in [0.4, 0.5) is 42.0 Å². The van der Waals surface area contributed by atoms with Crippen molar-refractivity contribution in [2.75, 3.05) is 16.0 Å². The third kappa shape index (κ3) is 6.76. The molecule has 0 bridgehead atoms. The van der Waals surface area contributed by atoms with Crippen LogP contribution in [0.15, 0.2) is 79.0 Å². The average Bonchev–Trinajstić information content (AvgIpc) is 2.80. The first-order chi connectivity index (χ1) is 16.7. The van der Waals surface area contributed by atoms with Gasteiger partial charge in [0.25, 0.3) is 0 Å². The first-order valence-corrected chi connectivity index (χ1v) is 10.6. The monoisotopic (exact) mass is 478 g/mol. The Balaban J connectivity index is 1.37. The van der Waals surface area contributed by atoms with Gasteiger partial charge in [-0.05, 0) is 55.0 Å². The molecule has 10 heteroatoms. The van der Waals surface area contributed by atoms with Crippen LogP contribution in [0.1, 0.15) is 17.0 Å². The lowest BCUT2D eigenvalue weighted by atomic mass is 10.1. The molecule has 0 saturated heterocycles. The highest BCUT2D eigenvalue weighted by molar-refractivity contribution is 5.92. The number of aryl methyl sites for hydroxylation is 1. The molecule has 0 spiro atoms. The summed E-state index contributed by atoms with van der Waals surface area (Å²) in [4.78, 5) is 25.3. The summed E-state index contributed by atoms with van der Waals surface area (Å²) in [7, 11) is 0. The van der Waals surface area contributed by atoms with E-state index in [4.69, 9.17) is 0 Å². The molecular weight excluding hydrogens is 457 g/mol. The maximum absolute atomic E-state index is 12.9. The van der Waals surface area contributed by atoms with Crippen LogP contribution in [-0.2, 0) is 17.4 Å². The van der Waals surface area contributed by atoms with E-state index in [0.29, 0.717) is 29.0 Å². The molecule has 0 aliphatic carbocycles. The van der Waals surface area contributed by atoms with Crippen LogP contribution in [-0.4, -0.2) is 20.9 Å². The standard InChI is InChI=1S/C25H21F3N6O/c1-16-30-22(15-23(31-16)34-21-7-2-3-12-29-21)32-19-8-10-20(11-9-19)33-24(35)14-17-5-4-6-18(13-17)25(26,27)28/h2-13,15H,14H2,1H3,(H,33,35)(H2,29,30,31,32,34). The van der Waals surface area contributed by atoms with Gasteiger partial charge in [-0.15, -0.1) is 0 Å². The Kier molecular flexibility index (Phi) is 6.91. The lowest BCUT2D eigenvalue weighted by molar-refractivity contribution is -0.137. The highest BCUT2D eigenvalue weighted by atomic mass is 19.4. The van der Waals surface area contributed by atoms with E-state index >= 15 is 0 Å². The van der Waals surface area contributed by atoms with Crippen molar-refractivity contribution in [2.45, 2.75) is 19.5 Å². The molecule has 0 fully saturated rings. The minimum atomic E-state index is -4.45. The SMILES string of the molecule is Cc1nc(Nc2ccc(NC(=O)Cc3cccc(C(F)(F)F)c3)cc2)cc(Nc2ccccn2)n1. The van der Waals surface area contributed by atoms with Gasteiger partial charge in [-0.25, -0.2) is 15.0 Å². The lowest BCUT2D eigenvalue weighted by Gasteiger charge is -2.11. The summed E-state index contributed by atoms with van der Waals surface area (Å²) < 4.78 is 38.6. The number of hydrogen-bond donors (Lipinski definition) is 3. The zero-order valence-electron chi connectivity index (χ0n) is 18.6. The first-order valence-electron chi connectivity index (χ1n) is 10.6. The molecule has 4 aromatic rings. The maximum atomic E-state index is 12.9. The summed E-state index contributed by atoms with van der Waals surface area (Å²) >= 11 is 0. The number of carbonyl (C=O) groups excluding carboxylic acids is 1. The Morgan fingerprint density at radius 3 is 2.23 bits per heavy atom. The number of pyridine rings is 1. The van der Waals surface area contributed by atoms with E-state index < -0.39 is 17.6 Å². The second kappa shape index (κ2) is 10.2. The molecule has 2 aromatic carbocycles. The van der Waals surface area contributed by atoms with E-state index in [1.54, 1.807) is 43.5 Å². The number of carbonyl (C=O) groups is 1. The molecule has 2 heterocycles. The van der Waals surface area contributed by atoms with Crippen molar-refractivity contribution in [1.82, 2.24) is 15.0 Å². The van der Waals surface area contributed by atoms with Crippen LogP contribution < -0.4 is 16.0 Å². The van der Waals surface area contributed by atoms with Gasteiger partial charge in [0.2, 0.25) is 5.91 Å². The summed E-state index contributed by atoms with van der Waals surface area (Å²) in [5.41, 5.74) is 0.744. The molecule has 1 amide bonds. The van der Waals surface area contributed by atoms with Gasteiger partial charge in [0.1, 0.15) is 23.3 Å². The predicted molar refractivity (Wildman–Crippen MR) is 128 cm³/mol. The molecule has 178 valence electrons. The van der Waals surface area contributed by atoms with E-state index in [0.717, 1.165) is 17.8 Å². The van der Waals surface area contributed by atoms with Crippen molar-refractivity contribution in [3.63, 3.8) is 0 Å². The Morgan fingerprint density at radius 2 is 1.54 bits per heavy atom. The summed E-state index contributed by atoms with van der Waals surface area (Å²) in [5.74, 6) is 1.95. The van der Waals surface area contributed by atoms with E-state index in [9.17, 15) is 18.0 Å². The number of anilines is 5. The Labute approximate surface area is 199 Å². The number of rotatable bonds is 7. The number of nitrogens with one attached hydrogen (secondary N) is 3. The Hall–Kier alpha value is -4.47. The number of benzene rings is 2. The van der Waals surface area contributed by atoms with Crippen LogP contribution in [0.5, 0.6) is 0 Å². The topological polar surface area (TPSA) is 91.8 Å². The summed E-state index contributed by atoms with van der Waals surface area (Å²) in [5, 5.41) is 9.00. The third-order valence-corrected chi connectivity index (χ3v) is 4.82. The smallest absolute Gasteiger partial charge is 0.340 e. The molecule has 0 aliphatic rings. The number of hydrogen-bond acceptors (Lipinski definition) is 6. The quantitative estimate of drug-likeness (QED) is 0.308. The molecule has 35 heavy (non-hydrogen) atoms. The van der Waals surface area contributed by atoms with Crippen LogP contribution in [0.2, 0.25) is 0 Å². The number of alkyl halides is 3. The van der Waals surface area contributed by atoms with E-state index in [-0.39, 0.29) is 12.0 Å². The zero-order chi connectivity index (χ0) is 24.8. The molecule has 4 rings (SSSR count). The number of aromatic nitrogens is 3. The predicted octanol–water partition coefficient (Wildman–Crippen LogP) is 5.87. The summed E-state index contributed by atoms with van der Waals surface area (Å²) in [6.45, 7) is 1.78. The third-order valence-electron chi connectivity index (χ3n) is 4.82. The summed E-state index contributed by atoms with van der Waals surface area (Å²) in [6.07, 6.45) is -2.95. The van der Waals surface area contributed by atoms with Crippen molar-refractivity contribution >= 4 is 34.7 Å². The van der Waals surface area contributed by atoms with Crippen LogP contribution in [0, 0.1) is 6.92 Å². The highest BCUT2D eigenvalue weighted by Gasteiger charge is 2.30. The fourth-order valence-electron chi connectivity index (χ4n) is 3.30. The second-order valence-corrected chi connectivity index (χ2v) is 7.65. The maximum Gasteiger partial charge on any atom is 0.416 e. The molecule has 7 nitrogen and oxygen atoms in total. The Morgan fingerprint density at radius 1 is 0.829 bits per heavy atom. The minimum absolute atomic E-state index is 0.170. The van der Waals surface area contributed by atoms with Crippen molar-refractivity contribution in [3.8, 4) is 0 Å². The average molecular weight is 478 g/mol. The molecule has 0 radical (unpaired) electrons. The zero-order valence-corrected chi connectivity index (χ0v) is 18.6. The van der Waals surface area contributed by atoms with Crippen molar-refractivity contribution in [2.24, 2.45) is 0 Å². The first kappa shape index (κ1) is 23.7. The normalized spacial score (nSPS) is 11.1. The van der Waals surface area contributed by atoms with Crippen molar-refractivity contribution in [1.29, 1.82) is 0 Å². The van der Waals surface area contributed by atoms with Gasteiger partial charge in [0, 0.05) is 23.6 Å². The van der Waals surface area contributed by atoms with E-state index in [1.807, 2.05) is 18.2 Å². The molecule has 0 atom stereocenters. The van der Waals surface area contributed by atoms with Gasteiger partial charge in [-0.3, -0.25) is 4.79 Å². The number of halogens is 3. The lowest BCUT2D eigenvalue weighted by Crippen LogP contribution is -2.15. The van der Waals surface area contributed by atoms with Crippen molar-refractivity contribution < 1.29 is 18.0 Å². The highest BCUT2D eigenvalue weighted by Crippen LogP contribution is 2.29. The van der Waals surface area contributed by atoms with Gasteiger partial charge < -0.3 is 16.0 Å². The van der Waals surface area contributed by atoms with Gasteiger partial charge in [0.15, 0.2) is 0 Å². The number of nitrogens with zero attached hydrogens (tertiary/aromatic N) is 3. The second-order valence-electron chi connectivity index (χ2n) is 7.65. The number of amides is 1. The van der Waals surface area contributed by atoms with Crippen LogP contribution in [0.3, 0.4) is 0 Å². The van der Waals surface area contributed by atoms with Gasteiger partial charge in [-0.2, -0.15) is 13.2 Å². The molecular formula is C25H21F3N6O. The molecule has 0 aliphatic heterocycles. The van der Waals surface area contributed by atoms with Gasteiger partial charge in [0.05, 0.1) is 12.0 Å². The molecule has 0 saturated carbocycles. The van der Waals surface area contributed by atoms with Crippen LogP contribution >= 0.6 is 0 Å². The molecule has 0 unspecified atom stereocenters.